The zero-order chi connectivity index (χ0) is 17.5. The molecule has 1 N–H and O–H groups in total. The first-order chi connectivity index (χ1) is 11.5. The van der Waals surface area contributed by atoms with Gasteiger partial charge in [0.25, 0.3) is 0 Å². The molecule has 0 radical (unpaired) electrons. The lowest BCUT2D eigenvalue weighted by molar-refractivity contribution is -0.154. The van der Waals surface area contributed by atoms with Gasteiger partial charge < -0.3 is 14.8 Å². The Kier molecular flexibility index (Phi) is 6.62. The number of nitrogens with one attached hydrogen (secondary N) is 1. The summed E-state index contributed by atoms with van der Waals surface area (Å²) in [6.45, 7) is 8.69. The van der Waals surface area contributed by atoms with Crippen molar-refractivity contribution in [2.24, 2.45) is 5.92 Å². The predicted molar refractivity (Wildman–Crippen MR) is 97.3 cm³/mol. The second kappa shape index (κ2) is 8.69. The third-order valence-electron chi connectivity index (χ3n) is 3.68. The Labute approximate surface area is 144 Å². The highest BCUT2D eigenvalue weighted by Gasteiger charge is 2.18. The van der Waals surface area contributed by atoms with Crippen LogP contribution < -0.4 is 10.1 Å². The molecular weight excluding hydrogens is 302 g/mol. The van der Waals surface area contributed by atoms with Crippen molar-refractivity contribution in [3.8, 4) is 5.75 Å². The van der Waals surface area contributed by atoms with E-state index in [4.69, 9.17) is 9.47 Å². The molecule has 2 aromatic rings. The number of fused-ring (bicyclic) bond motifs is 1. The monoisotopic (exact) mass is 329 g/mol. The van der Waals surface area contributed by atoms with E-state index < -0.39 is 0 Å². The Hall–Kier alpha value is -2.07. The summed E-state index contributed by atoms with van der Waals surface area (Å²) in [5.74, 6) is 0.458. The van der Waals surface area contributed by atoms with E-state index in [0.29, 0.717) is 19.2 Å². The lowest BCUT2D eigenvalue weighted by Gasteiger charge is -2.21. The smallest absolute Gasteiger partial charge is 0.308 e. The minimum Gasteiger partial charge on any atom is -0.489 e. The summed E-state index contributed by atoms with van der Waals surface area (Å²) in [7, 11) is 0. The number of hydrogen-bond acceptors (Lipinski definition) is 4. The second-order valence-corrected chi connectivity index (χ2v) is 6.56. The third kappa shape index (κ3) is 5.24. The van der Waals surface area contributed by atoms with E-state index >= 15 is 0 Å². The lowest BCUT2D eigenvalue weighted by atomic mass is 10.1. The highest BCUT2D eigenvalue weighted by atomic mass is 16.6. The van der Waals surface area contributed by atoms with Crippen LogP contribution in [0, 0.1) is 5.92 Å². The van der Waals surface area contributed by atoms with Gasteiger partial charge in [0.15, 0.2) is 0 Å². The zero-order valence-corrected chi connectivity index (χ0v) is 14.9. The molecule has 0 aliphatic carbocycles. The average Bonchev–Trinajstić information content (AvgIpc) is 2.56. The summed E-state index contributed by atoms with van der Waals surface area (Å²) in [6, 6.07) is 14.4. The fourth-order valence-corrected chi connectivity index (χ4v) is 2.31. The number of carbonyl (C=O) groups is 1. The van der Waals surface area contributed by atoms with Crippen LogP contribution in [0.15, 0.2) is 42.5 Å². The van der Waals surface area contributed by atoms with Crippen molar-refractivity contribution in [2.75, 3.05) is 13.2 Å². The van der Waals surface area contributed by atoms with Gasteiger partial charge in [0.2, 0.25) is 0 Å². The van der Waals surface area contributed by atoms with Crippen LogP contribution in [0.5, 0.6) is 5.75 Å². The van der Waals surface area contributed by atoms with Crippen molar-refractivity contribution >= 4 is 16.7 Å². The van der Waals surface area contributed by atoms with E-state index in [9.17, 15) is 4.79 Å². The summed E-state index contributed by atoms with van der Waals surface area (Å²) >= 11 is 0. The SMILES string of the molecule is CC(C)NC[C@@H](COc1cccc2ccccc12)OC(=O)C(C)C. The maximum atomic E-state index is 11.9. The molecule has 0 spiro atoms. The van der Waals surface area contributed by atoms with Crippen LogP contribution in [0.2, 0.25) is 0 Å². The number of ether oxygens (including phenoxy) is 2. The molecule has 0 fully saturated rings. The Morgan fingerprint density at radius 3 is 2.46 bits per heavy atom. The van der Waals surface area contributed by atoms with Gasteiger partial charge in [0.1, 0.15) is 18.5 Å². The van der Waals surface area contributed by atoms with Gasteiger partial charge in [-0.2, -0.15) is 0 Å². The van der Waals surface area contributed by atoms with E-state index in [1.54, 1.807) is 0 Å². The third-order valence-corrected chi connectivity index (χ3v) is 3.68. The first-order valence-electron chi connectivity index (χ1n) is 8.51. The van der Waals surface area contributed by atoms with E-state index in [1.165, 1.54) is 0 Å². The molecule has 2 rings (SSSR count). The van der Waals surface area contributed by atoms with Crippen LogP contribution in [-0.2, 0) is 9.53 Å². The van der Waals surface area contributed by atoms with Crippen LogP contribution in [-0.4, -0.2) is 31.3 Å². The van der Waals surface area contributed by atoms with Gasteiger partial charge in [0, 0.05) is 18.0 Å². The van der Waals surface area contributed by atoms with Gasteiger partial charge in [-0.1, -0.05) is 64.1 Å². The molecule has 0 unspecified atom stereocenters. The largest absolute Gasteiger partial charge is 0.489 e. The maximum absolute atomic E-state index is 11.9. The van der Waals surface area contributed by atoms with Crippen LogP contribution in [0.3, 0.4) is 0 Å². The van der Waals surface area contributed by atoms with Crippen LogP contribution >= 0.6 is 0 Å². The van der Waals surface area contributed by atoms with Gasteiger partial charge in [0.05, 0.1) is 5.92 Å². The average molecular weight is 329 g/mol. The molecule has 0 heterocycles. The molecule has 0 aliphatic heterocycles. The lowest BCUT2D eigenvalue weighted by Crippen LogP contribution is -2.39. The van der Waals surface area contributed by atoms with Crippen molar-refractivity contribution < 1.29 is 14.3 Å². The second-order valence-electron chi connectivity index (χ2n) is 6.56. The molecule has 4 heteroatoms. The Balaban J connectivity index is 2.06. The maximum Gasteiger partial charge on any atom is 0.308 e. The van der Waals surface area contributed by atoms with E-state index in [0.717, 1.165) is 16.5 Å². The first kappa shape index (κ1) is 18.3. The minimum absolute atomic E-state index is 0.149. The van der Waals surface area contributed by atoms with Crippen molar-refractivity contribution in [3.63, 3.8) is 0 Å². The van der Waals surface area contributed by atoms with Crippen LogP contribution in [0.1, 0.15) is 27.7 Å². The molecule has 0 saturated heterocycles. The highest BCUT2D eigenvalue weighted by molar-refractivity contribution is 5.88. The number of carbonyl (C=O) groups excluding carboxylic acids is 1. The van der Waals surface area contributed by atoms with Gasteiger partial charge in [-0.05, 0) is 11.5 Å². The molecule has 24 heavy (non-hydrogen) atoms. The van der Waals surface area contributed by atoms with Crippen LogP contribution in [0.25, 0.3) is 10.8 Å². The molecule has 130 valence electrons. The van der Waals surface area contributed by atoms with Crippen molar-refractivity contribution in [3.05, 3.63) is 42.5 Å². The number of esters is 1. The fraction of sp³-hybridized carbons (Fsp3) is 0.450. The molecule has 0 aromatic heterocycles. The molecule has 4 nitrogen and oxygen atoms in total. The summed E-state index contributed by atoms with van der Waals surface area (Å²) < 4.78 is 11.5. The quantitative estimate of drug-likeness (QED) is 0.749. The topological polar surface area (TPSA) is 47.6 Å². The normalized spacial score (nSPS) is 12.6. The first-order valence-corrected chi connectivity index (χ1v) is 8.51. The van der Waals surface area contributed by atoms with E-state index in [1.807, 2.05) is 44.2 Å². The molecule has 0 saturated carbocycles. The molecule has 0 amide bonds. The standard InChI is InChI=1S/C20H27NO3/c1-14(2)20(22)24-17(12-21-15(3)4)13-23-19-11-7-9-16-8-5-6-10-18(16)19/h5-11,14-15,17,21H,12-13H2,1-4H3/t17-/m0/s1. The van der Waals surface area contributed by atoms with Crippen molar-refractivity contribution in [1.82, 2.24) is 5.32 Å². The summed E-state index contributed by atoms with van der Waals surface area (Å²) in [5, 5.41) is 5.50. The van der Waals surface area contributed by atoms with E-state index in [2.05, 4.69) is 31.3 Å². The number of hydrogen-bond donors (Lipinski definition) is 1. The van der Waals surface area contributed by atoms with Gasteiger partial charge in [-0.15, -0.1) is 0 Å². The van der Waals surface area contributed by atoms with Crippen LogP contribution in [0.4, 0.5) is 0 Å². The minimum atomic E-state index is -0.318. The highest BCUT2D eigenvalue weighted by Crippen LogP contribution is 2.25. The molecule has 2 aromatic carbocycles. The Morgan fingerprint density at radius 2 is 1.75 bits per heavy atom. The predicted octanol–water partition coefficient (Wildman–Crippen LogP) is 3.78. The summed E-state index contributed by atoms with van der Waals surface area (Å²) in [6.07, 6.45) is -0.318. The zero-order valence-electron chi connectivity index (χ0n) is 14.9. The van der Waals surface area contributed by atoms with E-state index in [-0.39, 0.29) is 18.0 Å². The molecule has 0 aliphatic rings. The fourth-order valence-electron chi connectivity index (χ4n) is 2.31. The summed E-state index contributed by atoms with van der Waals surface area (Å²) in [5.41, 5.74) is 0. The number of rotatable bonds is 8. The molecule has 0 bridgehead atoms. The van der Waals surface area contributed by atoms with Gasteiger partial charge in [-0.25, -0.2) is 0 Å². The molecular formula is C20H27NO3. The molecule has 1 atom stereocenters. The number of benzene rings is 2. The Bertz CT molecular complexity index is 661. The van der Waals surface area contributed by atoms with Gasteiger partial charge in [-0.3, -0.25) is 4.79 Å². The van der Waals surface area contributed by atoms with Crippen molar-refractivity contribution in [1.29, 1.82) is 0 Å². The van der Waals surface area contributed by atoms with Crippen molar-refractivity contribution in [2.45, 2.75) is 39.8 Å². The Morgan fingerprint density at radius 1 is 1.04 bits per heavy atom. The summed E-state index contributed by atoms with van der Waals surface area (Å²) in [4.78, 5) is 11.9. The van der Waals surface area contributed by atoms with Gasteiger partial charge >= 0.3 is 5.97 Å².